The number of nitrogens with zero attached hydrogens (tertiary/aromatic N) is 1. The predicted octanol–water partition coefficient (Wildman–Crippen LogP) is 0.991. The lowest BCUT2D eigenvalue weighted by molar-refractivity contribution is 0.0826. The van der Waals surface area contributed by atoms with Crippen LogP contribution in [-0.2, 0) is 10.3 Å². The monoisotopic (exact) mass is 285 g/mol. The van der Waals surface area contributed by atoms with Gasteiger partial charge in [-0.15, -0.1) is 0 Å². The average Bonchev–Trinajstić information content (AvgIpc) is 2.37. The fraction of sp³-hybridized carbons (Fsp3) is 0.333. The van der Waals surface area contributed by atoms with Gasteiger partial charge in [0.2, 0.25) is 5.91 Å². The molecule has 0 saturated carbocycles. The molecule has 1 amide bonds. The van der Waals surface area contributed by atoms with Crippen molar-refractivity contribution in [1.82, 2.24) is 0 Å². The third kappa shape index (κ3) is 2.69. The standard InChI is InChI=1S/C12H13ClFN3O2/c13-9-2-7(11(16)18)1-8(3-9)12(5-14)6-19-4-10(15)17-12/h1-3H,4-6H2,(H2,15,17)(H2,16,18). The first kappa shape index (κ1) is 13.8. The highest BCUT2D eigenvalue weighted by Crippen LogP contribution is 2.32. The van der Waals surface area contributed by atoms with Crippen LogP contribution in [0.5, 0.6) is 0 Å². The quantitative estimate of drug-likeness (QED) is 0.868. The van der Waals surface area contributed by atoms with Crippen molar-refractivity contribution in [1.29, 1.82) is 0 Å². The van der Waals surface area contributed by atoms with Gasteiger partial charge in [-0.05, 0) is 23.8 Å². The van der Waals surface area contributed by atoms with E-state index >= 15 is 0 Å². The fourth-order valence-electron chi connectivity index (χ4n) is 1.96. The van der Waals surface area contributed by atoms with E-state index in [2.05, 4.69) is 4.99 Å². The molecule has 0 fully saturated rings. The number of nitrogens with two attached hydrogens (primary N) is 2. The molecule has 0 aromatic heterocycles. The normalized spacial score (nSPS) is 22.9. The van der Waals surface area contributed by atoms with Crippen molar-refractivity contribution >= 4 is 23.3 Å². The van der Waals surface area contributed by atoms with Crippen LogP contribution in [0.4, 0.5) is 4.39 Å². The minimum absolute atomic E-state index is 0.0305. The molecule has 19 heavy (non-hydrogen) atoms. The van der Waals surface area contributed by atoms with Crippen LogP contribution in [-0.4, -0.2) is 31.6 Å². The summed E-state index contributed by atoms with van der Waals surface area (Å²) >= 11 is 5.92. The van der Waals surface area contributed by atoms with Crippen molar-refractivity contribution in [3.63, 3.8) is 0 Å². The molecule has 1 aromatic carbocycles. The highest BCUT2D eigenvalue weighted by atomic mass is 35.5. The lowest BCUT2D eigenvalue weighted by Crippen LogP contribution is -2.41. The topological polar surface area (TPSA) is 90.7 Å². The first-order chi connectivity index (χ1) is 8.97. The van der Waals surface area contributed by atoms with Crippen molar-refractivity contribution in [3.05, 3.63) is 34.3 Å². The lowest BCUT2D eigenvalue weighted by Gasteiger charge is -2.31. The summed E-state index contributed by atoms with van der Waals surface area (Å²) < 4.78 is 18.7. The van der Waals surface area contributed by atoms with Crippen LogP contribution in [0.2, 0.25) is 5.02 Å². The Hall–Kier alpha value is -1.66. The molecule has 0 spiro atoms. The molecule has 0 radical (unpaired) electrons. The Morgan fingerprint density at radius 1 is 1.53 bits per heavy atom. The van der Waals surface area contributed by atoms with Crippen LogP contribution in [0.3, 0.4) is 0 Å². The van der Waals surface area contributed by atoms with Crippen LogP contribution in [0, 0.1) is 0 Å². The van der Waals surface area contributed by atoms with Gasteiger partial charge < -0.3 is 16.2 Å². The van der Waals surface area contributed by atoms with E-state index in [1.807, 2.05) is 0 Å². The minimum Gasteiger partial charge on any atom is -0.385 e. The number of hydrogen-bond acceptors (Lipinski definition) is 4. The van der Waals surface area contributed by atoms with Gasteiger partial charge in [-0.3, -0.25) is 9.79 Å². The molecule has 2 rings (SSSR count). The van der Waals surface area contributed by atoms with E-state index < -0.39 is 18.1 Å². The summed E-state index contributed by atoms with van der Waals surface area (Å²) in [5.41, 5.74) is 10.1. The zero-order valence-electron chi connectivity index (χ0n) is 10.0. The maximum atomic E-state index is 13.5. The number of aliphatic imine (C=N–C) groups is 1. The van der Waals surface area contributed by atoms with Gasteiger partial charge in [0, 0.05) is 10.6 Å². The largest absolute Gasteiger partial charge is 0.385 e. The number of carbonyl (C=O) groups is 1. The molecule has 1 heterocycles. The number of amidine groups is 1. The second-order valence-corrected chi connectivity index (χ2v) is 4.79. The average molecular weight is 286 g/mol. The zero-order valence-corrected chi connectivity index (χ0v) is 10.8. The number of amides is 1. The van der Waals surface area contributed by atoms with E-state index in [9.17, 15) is 9.18 Å². The van der Waals surface area contributed by atoms with Crippen LogP contribution >= 0.6 is 11.6 Å². The summed E-state index contributed by atoms with van der Waals surface area (Å²) in [4.78, 5) is 15.4. The van der Waals surface area contributed by atoms with Gasteiger partial charge in [0.25, 0.3) is 0 Å². The fourth-order valence-corrected chi connectivity index (χ4v) is 2.19. The van der Waals surface area contributed by atoms with Crippen molar-refractivity contribution in [2.24, 2.45) is 16.5 Å². The Labute approximate surface area is 114 Å². The number of benzene rings is 1. The number of alkyl halides is 1. The van der Waals surface area contributed by atoms with E-state index in [0.717, 1.165) is 0 Å². The van der Waals surface area contributed by atoms with Gasteiger partial charge in [0.1, 0.15) is 24.7 Å². The number of primary amides is 1. The van der Waals surface area contributed by atoms with Gasteiger partial charge in [0.15, 0.2) is 0 Å². The van der Waals surface area contributed by atoms with Crippen LogP contribution in [0.1, 0.15) is 15.9 Å². The van der Waals surface area contributed by atoms with E-state index in [1.54, 1.807) is 0 Å². The molecule has 1 aliphatic rings. The van der Waals surface area contributed by atoms with E-state index in [1.165, 1.54) is 18.2 Å². The molecule has 4 N–H and O–H groups in total. The predicted molar refractivity (Wildman–Crippen MR) is 70.1 cm³/mol. The Bertz CT molecular complexity index is 550. The molecule has 1 atom stereocenters. The summed E-state index contributed by atoms with van der Waals surface area (Å²) in [5, 5.41) is 0.276. The number of ether oxygens (including phenoxy) is 1. The first-order valence-corrected chi connectivity index (χ1v) is 5.93. The van der Waals surface area contributed by atoms with Crippen molar-refractivity contribution in [2.45, 2.75) is 5.54 Å². The molecule has 102 valence electrons. The maximum absolute atomic E-state index is 13.5. The van der Waals surface area contributed by atoms with E-state index in [4.69, 9.17) is 27.8 Å². The smallest absolute Gasteiger partial charge is 0.248 e. The molecule has 0 bridgehead atoms. The minimum atomic E-state index is -1.27. The highest BCUT2D eigenvalue weighted by Gasteiger charge is 2.36. The van der Waals surface area contributed by atoms with Gasteiger partial charge >= 0.3 is 0 Å². The third-order valence-corrected chi connectivity index (χ3v) is 3.11. The van der Waals surface area contributed by atoms with E-state index in [-0.39, 0.29) is 29.6 Å². The first-order valence-electron chi connectivity index (χ1n) is 5.55. The molecule has 1 aliphatic heterocycles. The third-order valence-electron chi connectivity index (χ3n) is 2.89. The number of hydrogen-bond donors (Lipinski definition) is 2. The molecule has 0 saturated heterocycles. The lowest BCUT2D eigenvalue weighted by atomic mass is 9.90. The Morgan fingerprint density at radius 3 is 2.84 bits per heavy atom. The summed E-state index contributed by atoms with van der Waals surface area (Å²) in [5.74, 6) is -0.448. The Morgan fingerprint density at radius 2 is 2.26 bits per heavy atom. The second kappa shape index (κ2) is 5.14. The second-order valence-electron chi connectivity index (χ2n) is 4.35. The number of halogens is 2. The Balaban J connectivity index is 2.55. The molecule has 1 aromatic rings. The molecular weight excluding hydrogens is 273 g/mol. The Kier molecular flexibility index (Phi) is 3.73. The molecule has 1 unspecified atom stereocenters. The van der Waals surface area contributed by atoms with Gasteiger partial charge in [-0.1, -0.05) is 11.6 Å². The van der Waals surface area contributed by atoms with Gasteiger partial charge in [-0.25, -0.2) is 4.39 Å². The molecule has 0 aliphatic carbocycles. The van der Waals surface area contributed by atoms with Crippen LogP contribution in [0.25, 0.3) is 0 Å². The van der Waals surface area contributed by atoms with Crippen molar-refractivity contribution in [3.8, 4) is 0 Å². The molecule has 7 heteroatoms. The van der Waals surface area contributed by atoms with Crippen LogP contribution < -0.4 is 11.5 Å². The summed E-state index contributed by atoms with van der Waals surface area (Å²) in [7, 11) is 0. The van der Waals surface area contributed by atoms with Crippen molar-refractivity contribution in [2.75, 3.05) is 19.9 Å². The summed E-state index contributed by atoms with van der Waals surface area (Å²) in [6.07, 6.45) is 0. The summed E-state index contributed by atoms with van der Waals surface area (Å²) in [6, 6.07) is 4.40. The van der Waals surface area contributed by atoms with Gasteiger partial charge in [-0.2, -0.15) is 0 Å². The van der Waals surface area contributed by atoms with Crippen LogP contribution in [0.15, 0.2) is 23.2 Å². The zero-order chi connectivity index (χ0) is 14.0. The summed E-state index contributed by atoms with van der Waals surface area (Å²) in [6.45, 7) is -0.625. The maximum Gasteiger partial charge on any atom is 0.248 e. The molecule has 5 nitrogen and oxygen atoms in total. The SMILES string of the molecule is NC(=O)c1cc(Cl)cc(C2(CF)COCC(N)=N2)c1. The number of carbonyl (C=O) groups excluding carboxylic acids is 1. The van der Waals surface area contributed by atoms with Gasteiger partial charge in [0.05, 0.1) is 6.61 Å². The highest BCUT2D eigenvalue weighted by molar-refractivity contribution is 6.31. The number of rotatable bonds is 3. The van der Waals surface area contributed by atoms with Crippen molar-refractivity contribution < 1.29 is 13.9 Å². The van der Waals surface area contributed by atoms with E-state index in [0.29, 0.717) is 5.56 Å². The molecular formula is C12H13ClFN3O2.